The van der Waals surface area contributed by atoms with E-state index in [1.807, 2.05) is 24.3 Å². The number of aromatic hydroxyl groups is 2. The van der Waals surface area contributed by atoms with Crippen molar-refractivity contribution < 1.29 is 28.6 Å². The molecule has 2 aliphatic heterocycles. The number of hydrogen-bond acceptors (Lipinski definition) is 7. The molecular formula is C27H16N2O6. The summed E-state index contributed by atoms with van der Waals surface area (Å²) in [7, 11) is 0. The third-order valence-electron chi connectivity index (χ3n) is 6.42. The minimum absolute atomic E-state index is 0.204. The molecule has 4 heterocycles. The Bertz CT molecular complexity index is 1980. The zero-order chi connectivity index (χ0) is 23.7. The second-order valence-corrected chi connectivity index (χ2v) is 8.35. The van der Waals surface area contributed by atoms with E-state index in [1.165, 1.54) is 0 Å². The Labute approximate surface area is 196 Å². The van der Waals surface area contributed by atoms with Crippen molar-refractivity contribution in [3.05, 3.63) is 92.9 Å². The molecular weight excluding hydrogens is 448 g/mol. The van der Waals surface area contributed by atoms with Crippen LogP contribution in [0.4, 0.5) is 0 Å². The fourth-order valence-electron chi connectivity index (χ4n) is 4.91. The SMILES string of the molecule is O=C1N=c2ccccc2=C1c1c(O)oc2cc3c(C4=c5ccccc5=NCOC4)c(O)oc3cc12. The van der Waals surface area contributed by atoms with E-state index in [1.54, 1.807) is 36.4 Å². The highest BCUT2D eigenvalue weighted by Crippen LogP contribution is 2.42. The quantitative estimate of drug-likeness (QED) is 0.411. The van der Waals surface area contributed by atoms with Gasteiger partial charge in [0, 0.05) is 26.8 Å². The summed E-state index contributed by atoms with van der Waals surface area (Å²) in [5, 5.41) is 25.3. The summed E-state index contributed by atoms with van der Waals surface area (Å²) in [5.41, 5.74) is 2.40. The highest BCUT2D eigenvalue weighted by Gasteiger charge is 2.28. The number of fused-ring (bicyclic) bond motifs is 4. The van der Waals surface area contributed by atoms with Crippen LogP contribution in [0.15, 0.2) is 79.5 Å². The number of nitrogens with zero attached hydrogens (tertiary/aromatic N) is 2. The average molecular weight is 464 g/mol. The number of ether oxygens (including phenoxy) is 1. The first-order valence-electron chi connectivity index (χ1n) is 10.9. The largest absolute Gasteiger partial charge is 0.480 e. The third kappa shape index (κ3) is 2.80. The van der Waals surface area contributed by atoms with Gasteiger partial charge in [0.05, 0.1) is 34.0 Å². The Morgan fingerprint density at radius 2 is 1.40 bits per heavy atom. The first-order valence-corrected chi connectivity index (χ1v) is 10.9. The van der Waals surface area contributed by atoms with Crippen LogP contribution >= 0.6 is 0 Å². The van der Waals surface area contributed by atoms with Gasteiger partial charge in [-0.25, -0.2) is 4.99 Å². The molecule has 35 heavy (non-hydrogen) atoms. The summed E-state index contributed by atoms with van der Waals surface area (Å²) >= 11 is 0. The van der Waals surface area contributed by atoms with Crippen LogP contribution in [0.5, 0.6) is 11.9 Å². The lowest BCUT2D eigenvalue weighted by molar-refractivity contribution is -0.112. The smallest absolute Gasteiger partial charge is 0.291 e. The van der Waals surface area contributed by atoms with Crippen LogP contribution < -0.4 is 21.2 Å². The summed E-state index contributed by atoms with van der Waals surface area (Å²) in [4.78, 5) is 21.3. The van der Waals surface area contributed by atoms with Gasteiger partial charge in [-0.3, -0.25) is 9.79 Å². The molecule has 0 unspecified atom stereocenters. The molecule has 7 rings (SSSR count). The molecule has 0 spiro atoms. The molecule has 8 nitrogen and oxygen atoms in total. The van der Waals surface area contributed by atoms with E-state index in [0.717, 1.165) is 16.1 Å². The molecule has 2 aliphatic rings. The van der Waals surface area contributed by atoms with E-state index in [4.69, 9.17) is 13.6 Å². The number of furan rings is 2. The van der Waals surface area contributed by atoms with Crippen molar-refractivity contribution in [2.24, 2.45) is 9.98 Å². The van der Waals surface area contributed by atoms with Crippen molar-refractivity contribution in [1.82, 2.24) is 0 Å². The molecule has 0 saturated carbocycles. The van der Waals surface area contributed by atoms with Crippen LogP contribution in [0.2, 0.25) is 0 Å². The number of para-hydroxylation sites is 2. The van der Waals surface area contributed by atoms with Gasteiger partial charge >= 0.3 is 0 Å². The van der Waals surface area contributed by atoms with Crippen LogP contribution in [0, 0.1) is 0 Å². The van der Waals surface area contributed by atoms with Crippen molar-refractivity contribution >= 4 is 39.0 Å². The molecule has 0 aliphatic carbocycles. The minimum Gasteiger partial charge on any atom is -0.480 e. The normalized spacial score (nSPS) is 15.1. The topological polar surface area (TPSA) is 118 Å². The molecule has 0 atom stereocenters. The number of hydrogen-bond donors (Lipinski definition) is 2. The number of rotatable bonds is 2. The zero-order valence-electron chi connectivity index (χ0n) is 18.1. The van der Waals surface area contributed by atoms with Crippen LogP contribution in [-0.4, -0.2) is 29.5 Å². The predicted molar refractivity (Wildman–Crippen MR) is 125 cm³/mol. The van der Waals surface area contributed by atoms with Crippen LogP contribution in [-0.2, 0) is 9.53 Å². The van der Waals surface area contributed by atoms with Gasteiger partial charge in [0.25, 0.3) is 17.8 Å². The molecule has 3 aromatic carbocycles. The molecule has 0 bridgehead atoms. The summed E-state index contributed by atoms with van der Waals surface area (Å²) < 4.78 is 17.1. The first kappa shape index (κ1) is 19.7. The lowest BCUT2D eigenvalue weighted by Gasteiger charge is -2.05. The fraction of sp³-hybridized carbons (Fsp3) is 0.0741. The van der Waals surface area contributed by atoms with Gasteiger partial charge in [-0.2, -0.15) is 0 Å². The van der Waals surface area contributed by atoms with E-state index in [2.05, 4.69) is 9.98 Å². The van der Waals surface area contributed by atoms with E-state index < -0.39 is 5.91 Å². The highest BCUT2D eigenvalue weighted by molar-refractivity contribution is 6.25. The molecule has 0 fully saturated rings. The second-order valence-electron chi connectivity index (χ2n) is 8.35. The third-order valence-corrected chi connectivity index (χ3v) is 6.42. The predicted octanol–water partition coefficient (Wildman–Crippen LogP) is 1.76. The van der Waals surface area contributed by atoms with Gasteiger partial charge in [-0.1, -0.05) is 36.4 Å². The molecule has 5 aromatic rings. The van der Waals surface area contributed by atoms with Gasteiger partial charge in [0.15, 0.2) is 0 Å². The molecule has 0 radical (unpaired) electrons. The van der Waals surface area contributed by atoms with Crippen molar-refractivity contribution in [3.63, 3.8) is 0 Å². The van der Waals surface area contributed by atoms with Crippen LogP contribution in [0.3, 0.4) is 0 Å². The monoisotopic (exact) mass is 464 g/mol. The Morgan fingerprint density at radius 1 is 0.771 bits per heavy atom. The number of benzene rings is 3. The highest BCUT2D eigenvalue weighted by atomic mass is 16.5. The second kappa shape index (κ2) is 7.15. The summed E-state index contributed by atoms with van der Waals surface area (Å²) in [6.45, 7) is 0.427. The maximum absolute atomic E-state index is 12.8. The Hall–Kier alpha value is -4.69. The van der Waals surface area contributed by atoms with Gasteiger partial charge < -0.3 is 23.8 Å². The summed E-state index contributed by atoms with van der Waals surface area (Å²) in [5.74, 6) is -1.11. The molecule has 2 N–H and O–H groups in total. The van der Waals surface area contributed by atoms with Crippen molar-refractivity contribution in [2.75, 3.05) is 13.3 Å². The minimum atomic E-state index is -0.459. The standard InChI is InChI=1S/C27H16N2O6/c30-25-23(14-6-2-4-8-19(14)29-25)24-16-10-20-15(9-21(16)35-27(24)32)22(26(31)34-20)17-11-33-12-28-18-7-3-1-5-13(17)18/h1-10,31-32H,11-12H2. The number of amides is 1. The molecule has 2 aromatic heterocycles. The lowest BCUT2D eigenvalue weighted by Crippen LogP contribution is -2.27. The van der Waals surface area contributed by atoms with Crippen molar-refractivity contribution in [1.29, 1.82) is 0 Å². The average Bonchev–Trinajstić information content (AvgIpc) is 3.39. The van der Waals surface area contributed by atoms with Gasteiger partial charge in [0.1, 0.15) is 17.9 Å². The van der Waals surface area contributed by atoms with E-state index in [-0.39, 0.29) is 36.4 Å². The zero-order valence-corrected chi connectivity index (χ0v) is 18.1. The maximum Gasteiger partial charge on any atom is 0.291 e. The Morgan fingerprint density at radius 3 is 2.17 bits per heavy atom. The lowest BCUT2D eigenvalue weighted by atomic mass is 9.98. The molecule has 1 amide bonds. The van der Waals surface area contributed by atoms with Crippen LogP contribution in [0.1, 0.15) is 11.1 Å². The van der Waals surface area contributed by atoms with Crippen molar-refractivity contribution in [3.8, 4) is 11.9 Å². The number of carbonyl (C=O) groups excluding carboxylic acids is 1. The maximum atomic E-state index is 12.8. The van der Waals surface area contributed by atoms with Crippen LogP contribution in [0.25, 0.3) is 33.1 Å². The molecule has 0 saturated heterocycles. The van der Waals surface area contributed by atoms with E-state index in [0.29, 0.717) is 38.1 Å². The molecule has 170 valence electrons. The van der Waals surface area contributed by atoms with Crippen molar-refractivity contribution in [2.45, 2.75) is 0 Å². The van der Waals surface area contributed by atoms with E-state index >= 15 is 0 Å². The van der Waals surface area contributed by atoms with Gasteiger partial charge in [-0.05, 0) is 24.3 Å². The van der Waals surface area contributed by atoms with Gasteiger partial charge in [0.2, 0.25) is 0 Å². The number of carbonyl (C=O) groups is 1. The summed E-state index contributed by atoms with van der Waals surface area (Å²) in [6, 6.07) is 18.0. The van der Waals surface area contributed by atoms with E-state index in [9.17, 15) is 15.0 Å². The Kier molecular flexibility index (Phi) is 4.04. The van der Waals surface area contributed by atoms with Gasteiger partial charge in [-0.15, -0.1) is 0 Å². The summed E-state index contributed by atoms with van der Waals surface area (Å²) in [6.07, 6.45) is 0. The molecule has 8 heteroatoms. The first-order chi connectivity index (χ1) is 17.1. The Balaban J connectivity index is 1.54. The fourth-order valence-corrected chi connectivity index (χ4v) is 4.91.